The molecule has 0 aliphatic rings. The zero-order valence-electron chi connectivity index (χ0n) is 12.7. The molecule has 0 radical (unpaired) electrons. The van der Waals surface area contributed by atoms with Gasteiger partial charge in [0.25, 0.3) is 0 Å². The first-order valence-corrected chi connectivity index (χ1v) is 8.86. The number of rotatable bonds is 7. The maximum absolute atomic E-state index is 13.2. The van der Waals surface area contributed by atoms with Crippen LogP contribution in [-0.2, 0) is 6.42 Å². The average Bonchev–Trinajstić information content (AvgIpc) is 2.54. The fourth-order valence-electron chi connectivity index (χ4n) is 2.25. The van der Waals surface area contributed by atoms with E-state index in [9.17, 15) is 22.7 Å². The van der Waals surface area contributed by atoms with E-state index in [-0.39, 0.29) is 12.0 Å². The van der Waals surface area contributed by atoms with Crippen LogP contribution in [0.1, 0.15) is 23.7 Å². The Balaban J connectivity index is 2.16. The molecule has 2 aromatic rings. The summed E-state index contributed by atoms with van der Waals surface area (Å²) in [6.45, 7) is 0. The number of aliphatic hydroxyl groups excluding tert-OH is 1. The molecule has 0 saturated carbocycles. The van der Waals surface area contributed by atoms with E-state index in [1.807, 2.05) is 18.2 Å². The van der Waals surface area contributed by atoms with Crippen molar-refractivity contribution in [3.63, 3.8) is 0 Å². The van der Waals surface area contributed by atoms with Gasteiger partial charge in [-0.2, -0.15) is 17.6 Å². The highest BCUT2D eigenvalue weighted by Gasteiger charge is 2.44. The molecule has 0 spiro atoms. The van der Waals surface area contributed by atoms with Crippen LogP contribution >= 0.6 is 31.9 Å². The molecule has 1 atom stereocenters. The number of halogens is 6. The van der Waals surface area contributed by atoms with Crippen molar-refractivity contribution in [2.75, 3.05) is 0 Å². The Labute approximate surface area is 159 Å². The minimum absolute atomic E-state index is 0.0333. The summed E-state index contributed by atoms with van der Waals surface area (Å²) in [6, 6.07) is 10.9. The molecular weight excluding hydrogens is 472 g/mol. The average molecular weight is 486 g/mol. The second kappa shape index (κ2) is 8.51. The van der Waals surface area contributed by atoms with Gasteiger partial charge >= 0.3 is 12.5 Å². The van der Waals surface area contributed by atoms with Crippen LogP contribution in [0.2, 0.25) is 0 Å². The summed E-state index contributed by atoms with van der Waals surface area (Å²) in [5.41, 5.74) is 0.934. The van der Waals surface area contributed by atoms with Gasteiger partial charge in [0.15, 0.2) is 0 Å². The van der Waals surface area contributed by atoms with Crippen molar-refractivity contribution < 1.29 is 27.4 Å². The van der Waals surface area contributed by atoms with E-state index in [4.69, 9.17) is 0 Å². The third kappa shape index (κ3) is 5.18. The fourth-order valence-corrected chi connectivity index (χ4v) is 3.64. The van der Waals surface area contributed by atoms with Gasteiger partial charge in [0.1, 0.15) is 5.75 Å². The predicted molar refractivity (Wildman–Crippen MR) is 93.1 cm³/mol. The summed E-state index contributed by atoms with van der Waals surface area (Å²) in [6.07, 6.45) is -9.11. The van der Waals surface area contributed by atoms with Crippen LogP contribution in [-0.4, -0.2) is 17.6 Å². The van der Waals surface area contributed by atoms with Crippen LogP contribution < -0.4 is 4.74 Å². The zero-order valence-corrected chi connectivity index (χ0v) is 15.9. The second-order valence-electron chi connectivity index (χ2n) is 5.26. The Kier molecular flexibility index (Phi) is 6.87. The molecule has 0 heterocycles. The van der Waals surface area contributed by atoms with Gasteiger partial charge in [-0.15, -0.1) is 0 Å². The lowest BCUT2D eigenvalue weighted by Gasteiger charge is -2.21. The molecule has 0 fully saturated rings. The smallest absolute Gasteiger partial charge is 0.428 e. The topological polar surface area (TPSA) is 29.5 Å². The second-order valence-corrected chi connectivity index (χ2v) is 6.97. The van der Waals surface area contributed by atoms with Crippen LogP contribution in [0.3, 0.4) is 0 Å². The van der Waals surface area contributed by atoms with Crippen LogP contribution in [0.4, 0.5) is 17.6 Å². The molecule has 2 rings (SSSR count). The number of alkyl halides is 4. The Bertz CT molecular complexity index is 705. The van der Waals surface area contributed by atoms with Crippen molar-refractivity contribution >= 4 is 31.9 Å². The van der Waals surface area contributed by atoms with Crippen molar-refractivity contribution in [1.29, 1.82) is 0 Å². The van der Waals surface area contributed by atoms with Crippen molar-refractivity contribution in [2.24, 2.45) is 0 Å². The maximum Gasteiger partial charge on any atom is 0.461 e. The first kappa shape index (κ1) is 20.2. The van der Waals surface area contributed by atoms with E-state index >= 15 is 0 Å². The van der Waals surface area contributed by atoms with E-state index < -0.39 is 24.4 Å². The van der Waals surface area contributed by atoms with Crippen molar-refractivity contribution in [1.82, 2.24) is 0 Å². The predicted octanol–water partition coefficient (Wildman–Crippen LogP) is 6.11. The highest BCUT2D eigenvalue weighted by Crippen LogP contribution is 2.35. The van der Waals surface area contributed by atoms with E-state index in [0.717, 1.165) is 20.6 Å². The van der Waals surface area contributed by atoms with E-state index in [1.165, 1.54) is 18.2 Å². The molecule has 0 saturated heterocycles. The van der Waals surface area contributed by atoms with Crippen LogP contribution in [0, 0.1) is 0 Å². The highest BCUT2D eigenvalue weighted by molar-refractivity contribution is 9.11. The van der Waals surface area contributed by atoms with Gasteiger partial charge in [0.2, 0.25) is 0 Å². The monoisotopic (exact) mass is 484 g/mol. The third-order valence-corrected chi connectivity index (χ3v) is 4.99. The molecule has 1 N–H and O–H groups in total. The molecule has 0 aromatic heterocycles. The van der Waals surface area contributed by atoms with Crippen LogP contribution in [0.15, 0.2) is 51.4 Å². The Morgan fingerprint density at radius 2 is 1.60 bits per heavy atom. The summed E-state index contributed by atoms with van der Waals surface area (Å²) in [4.78, 5) is 0. The molecule has 25 heavy (non-hydrogen) atoms. The van der Waals surface area contributed by atoms with Gasteiger partial charge in [0.05, 0.1) is 6.10 Å². The Hall–Kier alpha value is -1.12. The van der Waals surface area contributed by atoms with Crippen molar-refractivity contribution in [3.05, 3.63) is 62.5 Å². The van der Waals surface area contributed by atoms with Crippen LogP contribution in [0.5, 0.6) is 5.75 Å². The molecule has 136 valence electrons. The number of hydrogen-bond donors (Lipinski definition) is 1. The molecule has 0 aliphatic heterocycles. The lowest BCUT2D eigenvalue weighted by Crippen LogP contribution is -2.33. The standard InChI is InChI=1S/C17H14Br2F4O2/c18-12-5-3-6-13(19)10(12)8-9-14(24)11-4-1-2-7-15(11)25-17(22,23)16(20)21/h1-7,14,16,24H,8-9H2. The quantitative estimate of drug-likeness (QED) is 0.479. The van der Waals surface area contributed by atoms with E-state index in [1.54, 1.807) is 0 Å². The Morgan fingerprint density at radius 1 is 1.00 bits per heavy atom. The van der Waals surface area contributed by atoms with Crippen molar-refractivity contribution in [2.45, 2.75) is 31.5 Å². The molecule has 2 aromatic carbocycles. The van der Waals surface area contributed by atoms with Crippen LogP contribution in [0.25, 0.3) is 0 Å². The number of para-hydroxylation sites is 1. The first-order chi connectivity index (χ1) is 11.7. The lowest BCUT2D eigenvalue weighted by molar-refractivity contribution is -0.253. The normalized spacial score (nSPS) is 13.1. The summed E-state index contributed by atoms with van der Waals surface area (Å²) in [5.74, 6) is -0.466. The minimum atomic E-state index is -4.62. The van der Waals surface area contributed by atoms with E-state index in [2.05, 4.69) is 36.6 Å². The molecule has 0 amide bonds. The molecule has 0 aliphatic carbocycles. The summed E-state index contributed by atoms with van der Waals surface area (Å²) >= 11 is 6.81. The molecule has 1 unspecified atom stereocenters. The third-order valence-electron chi connectivity index (χ3n) is 3.51. The zero-order chi connectivity index (χ0) is 18.6. The minimum Gasteiger partial charge on any atom is -0.428 e. The number of ether oxygens (including phenoxy) is 1. The SMILES string of the molecule is OC(CCc1c(Br)cccc1Br)c1ccccc1OC(F)(F)C(F)F. The molecular formula is C17H14Br2F4O2. The van der Waals surface area contributed by atoms with Gasteiger partial charge < -0.3 is 9.84 Å². The van der Waals surface area contributed by atoms with Crippen molar-refractivity contribution in [3.8, 4) is 5.75 Å². The molecule has 0 bridgehead atoms. The highest BCUT2D eigenvalue weighted by atomic mass is 79.9. The Morgan fingerprint density at radius 3 is 2.20 bits per heavy atom. The summed E-state index contributed by atoms with van der Waals surface area (Å²) in [7, 11) is 0. The number of aliphatic hydroxyl groups is 1. The fraction of sp³-hybridized carbons (Fsp3) is 0.294. The van der Waals surface area contributed by atoms with Gasteiger partial charge in [0, 0.05) is 14.5 Å². The number of benzene rings is 2. The number of hydrogen-bond acceptors (Lipinski definition) is 2. The molecule has 2 nitrogen and oxygen atoms in total. The maximum atomic E-state index is 13.2. The first-order valence-electron chi connectivity index (χ1n) is 7.27. The summed E-state index contributed by atoms with van der Waals surface area (Å²) in [5, 5.41) is 10.3. The van der Waals surface area contributed by atoms with Gasteiger partial charge in [-0.25, -0.2) is 0 Å². The van der Waals surface area contributed by atoms with Gasteiger partial charge in [-0.1, -0.05) is 56.1 Å². The summed E-state index contributed by atoms with van der Waals surface area (Å²) < 4.78 is 56.8. The van der Waals surface area contributed by atoms with Gasteiger partial charge in [-0.05, 0) is 36.6 Å². The molecule has 8 heteroatoms. The lowest BCUT2D eigenvalue weighted by atomic mass is 10.0. The largest absolute Gasteiger partial charge is 0.461 e. The van der Waals surface area contributed by atoms with Gasteiger partial charge in [-0.3, -0.25) is 0 Å². The van der Waals surface area contributed by atoms with E-state index in [0.29, 0.717) is 6.42 Å².